The summed E-state index contributed by atoms with van der Waals surface area (Å²) in [7, 11) is 0. The van der Waals surface area contributed by atoms with Gasteiger partial charge in [0.05, 0.1) is 12.0 Å². The van der Waals surface area contributed by atoms with Crippen molar-refractivity contribution in [3.63, 3.8) is 0 Å². The fourth-order valence-corrected chi connectivity index (χ4v) is 2.24. The van der Waals surface area contributed by atoms with Gasteiger partial charge in [-0.15, -0.1) is 0 Å². The normalized spacial score (nSPS) is 23.8. The topological polar surface area (TPSA) is 74.2 Å². The minimum absolute atomic E-state index is 0.0734. The van der Waals surface area contributed by atoms with Crippen LogP contribution >= 0.6 is 0 Å². The Morgan fingerprint density at radius 1 is 1.44 bits per heavy atom. The zero-order valence-electron chi connectivity index (χ0n) is 11.3. The van der Waals surface area contributed by atoms with Crippen LogP contribution in [0.3, 0.4) is 0 Å². The molecule has 0 bridgehead atoms. The monoisotopic (exact) mass is 253 g/mol. The fraction of sp³-hybridized carbons (Fsp3) is 0.846. The first-order valence-electron chi connectivity index (χ1n) is 6.90. The van der Waals surface area contributed by atoms with Gasteiger partial charge in [0, 0.05) is 19.1 Å². The van der Waals surface area contributed by atoms with E-state index in [2.05, 4.69) is 17.1 Å². The molecule has 3 atom stereocenters. The van der Waals surface area contributed by atoms with Gasteiger partial charge in [-0.3, -0.25) is 0 Å². The SMILES string of the molecule is CCC(N)C(C)c1nc(CC2CCCCO2)no1. The number of ether oxygens (including phenoxy) is 1. The predicted octanol–water partition coefficient (Wildman–Crippen LogP) is 2.02. The molecule has 0 saturated carbocycles. The highest BCUT2D eigenvalue weighted by atomic mass is 16.5. The van der Waals surface area contributed by atoms with Gasteiger partial charge in [0.25, 0.3) is 0 Å². The first kappa shape index (κ1) is 13.5. The van der Waals surface area contributed by atoms with Crippen LogP contribution in [0.1, 0.15) is 57.2 Å². The van der Waals surface area contributed by atoms with E-state index in [9.17, 15) is 0 Å². The lowest BCUT2D eigenvalue weighted by Crippen LogP contribution is -2.26. The second-order valence-corrected chi connectivity index (χ2v) is 5.10. The molecule has 18 heavy (non-hydrogen) atoms. The Kier molecular flexibility index (Phi) is 4.72. The molecule has 0 aliphatic carbocycles. The van der Waals surface area contributed by atoms with Gasteiger partial charge in [-0.25, -0.2) is 0 Å². The molecule has 5 nitrogen and oxygen atoms in total. The highest BCUT2D eigenvalue weighted by Crippen LogP contribution is 2.20. The Hall–Kier alpha value is -0.940. The molecule has 3 unspecified atom stereocenters. The third-order valence-electron chi connectivity index (χ3n) is 3.67. The Balaban J connectivity index is 1.92. The molecule has 102 valence electrons. The Labute approximate surface area is 108 Å². The number of rotatable bonds is 5. The summed E-state index contributed by atoms with van der Waals surface area (Å²) in [6.45, 7) is 4.95. The molecule has 1 aromatic heterocycles. The maximum atomic E-state index is 5.99. The van der Waals surface area contributed by atoms with Gasteiger partial charge in [-0.05, 0) is 25.7 Å². The average Bonchev–Trinajstić information content (AvgIpc) is 2.86. The summed E-state index contributed by atoms with van der Waals surface area (Å²) in [5.41, 5.74) is 5.99. The first-order valence-corrected chi connectivity index (χ1v) is 6.90. The van der Waals surface area contributed by atoms with Gasteiger partial charge in [-0.1, -0.05) is 19.0 Å². The van der Waals surface area contributed by atoms with Crippen molar-refractivity contribution in [2.24, 2.45) is 5.73 Å². The van der Waals surface area contributed by atoms with Crippen molar-refractivity contribution in [3.05, 3.63) is 11.7 Å². The Morgan fingerprint density at radius 3 is 2.94 bits per heavy atom. The van der Waals surface area contributed by atoms with Crippen molar-refractivity contribution < 1.29 is 9.26 Å². The lowest BCUT2D eigenvalue weighted by Gasteiger charge is -2.20. The van der Waals surface area contributed by atoms with Crippen LogP contribution in [-0.2, 0) is 11.2 Å². The smallest absolute Gasteiger partial charge is 0.231 e. The maximum absolute atomic E-state index is 5.99. The largest absolute Gasteiger partial charge is 0.378 e. The second-order valence-electron chi connectivity index (χ2n) is 5.10. The summed E-state index contributed by atoms with van der Waals surface area (Å²) < 4.78 is 11.0. The molecule has 0 radical (unpaired) electrons. The highest BCUT2D eigenvalue weighted by molar-refractivity contribution is 4.97. The van der Waals surface area contributed by atoms with Crippen molar-refractivity contribution in [1.82, 2.24) is 10.1 Å². The molecule has 1 aliphatic heterocycles. The van der Waals surface area contributed by atoms with Crippen LogP contribution in [-0.4, -0.2) is 28.9 Å². The maximum Gasteiger partial charge on any atom is 0.231 e. The van der Waals surface area contributed by atoms with E-state index in [0.717, 1.165) is 38.1 Å². The van der Waals surface area contributed by atoms with Crippen molar-refractivity contribution >= 4 is 0 Å². The summed E-state index contributed by atoms with van der Waals surface area (Å²) in [4.78, 5) is 4.44. The molecule has 1 aliphatic rings. The predicted molar refractivity (Wildman–Crippen MR) is 68.3 cm³/mol. The molecule has 1 fully saturated rings. The van der Waals surface area contributed by atoms with E-state index < -0.39 is 0 Å². The zero-order chi connectivity index (χ0) is 13.0. The van der Waals surface area contributed by atoms with Crippen molar-refractivity contribution in [2.45, 2.75) is 64.0 Å². The molecular formula is C13H23N3O2. The van der Waals surface area contributed by atoms with Gasteiger partial charge in [0.1, 0.15) is 0 Å². The van der Waals surface area contributed by atoms with E-state index in [0.29, 0.717) is 5.89 Å². The third kappa shape index (κ3) is 3.29. The molecule has 2 rings (SSSR count). The standard InChI is InChI=1S/C13H23N3O2/c1-3-11(14)9(2)13-15-12(16-18-13)8-10-6-4-5-7-17-10/h9-11H,3-8,14H2,1-2H3. The van der Waals surface area contributed by atoms with Crippen molar-refractivity contribution in [1.29, 1.82) is 0 Å². The lowest BCUT2D eigenvalue weighted by atomic mass is 10.0. The van der Waals surface area contributed by atoms with Crippen LogP contribution < -0.4 is 5.73 Å². The molecule has 5 heteroatoms. The average molecular weight is 253 g/mol. The van der Waals surface area contributed by atoms with E-state index >= 15 is 0 Å². The molecular weight excluding hydrogens is 230 g/mol. The number of hydrogen-bond donors (Lipinski definition) is 1. The minimum atomic E-state index is 0.0734. The fourth-order valence-electron chi connectivity index (χ4n) is 2.24. The van der Waals surface area contributed by atoms with Crippen molar-refractivity contribution in [2.75, 3.05) is 6.61 Å². The van der Waals surface area contributed by atoms with Crippen LogP contribution in [0, 0.1) is 0 Å². The van der Waals surface area contributed by atoms with E-state index in [1.54, 1.807) is 0 Å². The molecule has 0 amide bonds. The van der Waals surface area contributed by atoms with Gasteiger partial charge in [-0.2, -0.15) is 4.98 Å². The van der Waals surface area contributed by atoms with Crippen LogP contribution in [0.5, 0.6) is 0 Å². The summed E-state index contributed by atoms with van der Waals surface area (Å²) in [5, 5.41) is 4.03. The van der Waals surface area contributed by atoms with E-state index in [-0.39, 0.29) is 18.1 Å². The zero-order valence-corrected chi connectivity index (χ0v) is 11.3. The van der Waals surface area contributed by atoms with Gasteiger partial charge in [0.2, 0.25) is 5.89 Å². The Morgan fingerprint density at radius 2 is 2.28 bits per heavy atom. The van der Waals surface area contributed by atoms with E-state index in [1.165, 1.54) is 6.42 Å². The second kappa shape index (κ2) is 6.29. The molecule has 2 heterocycles. The van der Waals surface area contributed by atoms with Crippen LogP contribution in [0.2, 0.25) is 0 Å². The Bertz CT molecular complexity index is 361. The molecule has 1 saturated heterocycles. The minimum Gasteiger partial charge on any atom is -0.378 e. The molecule has 0 aromatic carbocycles. The van der Waals surface area contributed by atoms with Gasteiger partial charge >= 0.3 is 0 Å². The van der Waals surface area contributed by atoms with Crippen molar-refractivity contribution in [3.8, 4) is 0 Å². The van der Waals surface area contributed by atoms with Gasteiger partial charge in [0.15, 0.2) is 5.82 Å². The number of aromatic nitrogens is 2. The summed E-state index contributed by atoms with van der Waals surface area (Å²) >= 11 is 0. The van der Waals surface area contributed by atoms with Crippen LogP contribution in [0.4, 0.5) is 0 Å². The molecule has 0 spiro atoms. The van der Waals surface area contributed by atoms with E-state index in [1.807, 2.05) is 6.92 Å². The van der Waals surface area contributed by atoms with Crippen LogP contribution in [0.25, 0.3) is 0 Å². The summed E-state index contributed by atoms with van der Waals surface area (Å²) in [6.07, 6.45) is 5.39. The highest BCUT2D eigenvalue weighted by Gasteiger charge is 2.22. The van der Waals surface area contributed by atoms with E-state index in [4.69, 9.17) is 15.0 Å². The quantitative estimate of drug-likeness (QED) is 0.869. The number of nitrogens with zero attached hydrogens (tertiary/aromatic N) is 2. The lowest BCUT2D eigenvalue weighted by molar-refractivity contribution is 0.0153. The first-order chi connectivity index (χ1) is 8.70. The van der Waals surface area contributed by atoms with Crippen LogP contribution in [0.15, 0.2) is 4.52 Å². The molecule has 2 N–H and O–H groups in total. The van der Waals surface area contributed by atoms with Gasteiger partial charge < -0.3 is 15.0 Å². The summed E-state index contributed by atoms with van der Waals surface area (Å²) in [6, 6.07) is 0.0734. The number of nitrogens with two attached hydrogens (primary N) is 1. The number of hydrogen-bond acceptors (Lipinski definition) is 5. The summed E-state index contributed by atoms with van der Waals surface area (Å²) in [5.74, 6) is 1.51. The molecule has 1 aromatic rings. The third-order valence-corrected chi connectivity index (χ3v) is 3.67.